The van der Waals surface area contributed by atoms with Crippen LogP contribution in [0.25, 0.3) is 0 Å². The van der Waals surface area contributed by atoms with Crippen LogP contribution in [-0.4, -0.2) is 19.5 Å². The third-order valence-corrected chi connectivity index (χ3v) is 5.40. The van der Waals surface area contributed by atoms with Gasteiger partial charge in [-0.05, 0) is 43.3 Å². The molecule has 0 unspecified atom stereocenters. The number of carbonyl (C=O) groups is 1. The first-order chi connectivity index (χ1) is 13.2. The average Bonchev–Trinajstić information content (AvgIpc) is 2.93. The molecule has 0 bridgehead atoms. The SMILES string of the molecule is Cc1nc(OC(=O)Nc2cccc(Cl)c2)c(Nc2cccc(S(N)(=O)=O)c2)s1. The van der Waals surface area contributed by atoms with Gasteiger partial charge in [-0.2, -0.15) is 0 Å². The zero-order valence-corrected chi connectivity index (χ0v) is 16.9. The van der Waals surface area contributed by atoms with E-state index in [1.807, 2.05) is 0 Å². The van der Waals surface area contributed by atoms with Gasteiger partial charge in [0, 0.05) is 16.4 Å². The van der Waals surface area contributed by atoms with Crippen molar-refractivity contribution in [2.45, 2.75) is 11.8 Å². The number of halogens is 1. The Hall–Kier alpha value is -2.66. The molecule has 1 amide bonds. The van der Waals surface area contributed by atoms with Gasteiger partial charge in [0.25, 0.3) is 5.88 Å². The minimum absolute atomic E-state index is 0.0418. The van der Waals surface area contributed by atoms with E-state index in [1.165, 1.54) is 23.5 Å². The number of hydrogen-bond acceptors (Lipinski definition) is 7. The van der Waals surface area contributed by atoms with Crippen molar-refractivity contribution in [3.8, 4) is 5.88 Å². The molecule has 3 rings (SSSR count). The molecule has 0 fully saturated rings. The van der Waals surface area contributed by atoms with Crippen LogP contribution in [-0.2, 0) is 10.0 Å². The Balaban J connectivity index is 1.77. The monoisotopic (exact) mass is 438 g/mol. The summed E-state index contributed by atoms with van der Waals surface area (Å²) in [7, 11) is -3.84. The number of nitrogens with zero attached hydrogens (tertiary/aromatic N) is 1. The summed E-state index contributed by atoms with van der Waals surface area (Å²) in [5.41, 5.74) is 0.926. The van der Waals surface area contributed by atoms with E-state index < -0.39 is 16.1 Å². The molecule has 0 saturated carbocycles. The summed E-state index contributed by atoms with van der Waals surface area (Å²) < 4.78 is 28.3. The van der Waals surface area contributed by atoms with Crippen LogP contribution >= 0.6 is 22.9 Å². The highest BCUT2D eigenvalue weighted by Gasteiger charge is 2.16. The molecule has 28 heavy (non-hydrogen) atoms. The highest BCUT2D eigenvalue weighted by atomic mass is 35.5. The van der Waals surface area contributed by atoms with Gasteiger partial charge in [-0.1, -0.05) is 35.1 Å². The Bertz CT molecular complexity index is 1130. The molecule has 0 radical (unpaired) electrons. The Morgan fingerprint density at radius 1 is 1.18 bits per heavy atom. The maximum atomic E-state index is 12.2. The lowest BCUT2D eigenvalue weighted by Crippen LogP contribution is -2.17. The predicted molar refractivity (Wildman–Crippen MR) is 109 cm³/mol. The third-order valence-electron chi connectivity index (χ3n) is 3.38. The second kappa shape index (κ2) is 8.15. The molecule has 0 spiro atoms. The zero-order chi connectivity index (χ0) is 20.3. The van der Waals surface area contributed by atoms with Crippen LogP contribution in [0, 0.1) is 6.92 Å². The zero-order valence-electron chi connectivity index (χ0n) is 14.5. The second-order valence-corrected chi connectivity index (χ2v) is 8.79. The van der Waals surface area contributed by atoms with E-state index in [9.17, 15) is 13.2 Å². The summed E-state index contributed by atoms with van der Waals surface area (Å²) >= 11 is 7.13. The molecule has 0 aliphatic rings. The topological polar surface area (TPSA) is 123 Å². The van der Waals surface area contributed by atoms with Gasteiger partial charge in [0.05, 0.1) is 9.90 Å². The Labute approximate surface area is 170 Å². The van der Waals surface area contributed by atoms with E-state index in [2.05, 4.69) is 15.6 Å². The molecule has 0 aliphatic carbocycles. The quantitative estimate of drug-likeness (QED) is 0.550. The lowest BCUT2D eigenvalue weighted by molar-refractivity contribution is 0.214. The summed E-state index contributed by atoms with van der Waals surface area (Å²) in [4.78, 5) is 16.3. The largest absolute Gasteiger partial charge is 0.418 e. The Morgan fingerprint density at radius 3 is 2.61 bits per heavy atom. The van der Waals surface area contributed by atoms with E-state index in [4.69, 9.17) is 21.5 Å². The van der Waals surface area contributed by atoms with Crippen molar-refractivity contribution in [1.82, 2.24) is 4.98 Å². The fraction of sp³-hybridized carbons (Fsp3) is 0.0588. The number of aromatic nitrogens is 1. The molecule has 1 heterocycles. The number of primary sulfonamides is 1. The fourth-order valence-electron chi connectivity index (χ4n) is 2.24. The van der Waals surface area contributed by atoms with Crippen molar-refractivity contribution in [2.75, 3.05) is 10.6 Å². The molecule has 11 heteroatoms. The molecule has 4 N–H and O–H groups in total. The van der Waals surface area contributed by atoms with Crippen LogP contribution in [0.4, 0.5) is 21.2 Å². The molecule has 8 nitrogen and oxygen atoms in total. The van der Waals surface area contributed by atoms with Crippen LogP contribution in [0.5, 0.6) is 5.88 Å². The van der Waals surface area contributed by atoms with Gasteiger partial charge >= 0.3 is 6.09 Å². The maximum absolute atomic E-state index is 12.2. The molecule has 0 aliphatic heterocycles. The average molecular weight is 439 g/mol. The predicted octanol–water partition coefficient (Wildman–Crippen LogP) is 4.11. The lowest BCUT2D eigenvalue weighted by atomic mass is 10.3. The summed E-state index contributed by atoms with van der Waals surface area (Å²) in [5, 5.41) is 12.3. The van der Waals surface area contributed by atoms with E-state index in [0.717, 1.165) is 0 Å². The minimum Gasteiger partial charge on any atom is -0.388 e. The number of anilines is 3. The van der Waals surface area contributed by atoms with E-state index in [-0.39, 0.29) is 10.8 Å². The number of nitrogens with two attached hydrogens (primary N) is 1. The van der Waals surface area contributed by atoms with Crippen LogP contribution in [0.15, 0.2) is 53.4 Å². The third kappa shape index (κ3) is 5.20. The van der Waals surface area contributed by atoms with Gasteiger partial charge in [-0.15, -0.1) is 0 Å². The molecule has 2 aromatic carbocycles. The smallest absolute Gasteiger partial charge is 0.388 e. The van der Waals surface area contributed by atoms with Crippen molar-refractivity contribution in [2.24, 2.45) is 5.14 Å². The van der Waals surface area contributed by atoms with Gasteiger partial charge in [0.2, 0.25) is 10.0 Å². The molecular weight excluding hydrogens is 424 g/mol. The van der Waals surface area contributed by atoms with Gasteiger partial charge in [-0.3, -0.25) is 5.32 Å². The number of nitrogens with one attached hydrogen (secondary N) is 2. The summed E-state index contributed by atoms with van der Waals surface area (Å²) in [5.74, 6) is 0.0584. The van der Waals surface area contributed by atoms with Crippen LogP contribution in [0.1, 0.15) is 5.01 Å². The van der Waals surface area contributed by atoms with Crippen LogP contribution in [0.2, 0.25) is 5.02 Å². The molecule has 1 aromatic heterocycles. The molecule has 146 valence electrons. The van der Waals surface area contributed by atoms with Crippen molar-refractivity contribution in [3.63, 3.8) is 0 Å². The number of carbonyl (C=O) groups excluding carboxylic acids is 1. The van der Waals surface area contributed by atoms with Gasteiger partial charge < -0.3 is 10.1 Å². The Kier molecular flexibility index (Phi) is 5.84. The molecule has 0 atom stereocenters. The van der Waals surface area contributed by atoms with Crippen molar-refractivity contribution < 1.29 is 17.9 Å². The number of sulfonamides is 1. The van der Waals surface area contributed by atoms with Crippen LogP contribution in [0.3, 0.4) is 0 Å². The normalized spacial score (nSPS) is 11.1. The van der Waals surface area contributed by atoms with Crippen molar-refractivity contribution in [3.05, 3.63) is 58.6 Å². The standard InChI is InChI=1S/C17H15ClN4O4S2/c1-10-20-15(26-17(23)22-12-5-2-4-11(18)8-12)16(27-10)21-13-6-3-7-14(9-13)28(19,24)25/h2-9,21H,1H3,(H,22,23)(H2,19,24,25). The lowest BCUT2D eigenvalue weighted by Gasteiger charge is -2.09. The van der Waals surface area contributed by atoms with Crippen LogP contribution < -0.4 is 20.5 Å². The first-order valence-electron chi connectivity index (χ1n) is 7.82. The number of ether oxygens (including phenoxy) is 1. The number of thiazole rings is 1. The van der Waals surface area contributed by atoms with E-state index >= 15 is 0 Å². The van der Waals surface area contributed by atoms with E-state index in [0.29, 0.717) is 26.4 Å². The highest BCUT2D eigenvalue weighted by molar-refractivity contribution is 7.89. The summed E-state index contributed by atoms with van der Waals surface area (Å²) in [6.07, 6.45) is -0.742. The van der Waals surface area contributed by atoms with Crippen molar-refractivity contribution in [1.29, 1.82) is 0 Å². The minimum atomic E-state index is -3.84. The number of aryl methyl sites for hydroxylation is 1. The Morgan fingerprint density at radius 2 is 1.89 bits per heavy atom. The first kappa shape index (κ1) is 20.1. The summed E-state index contributed by atoms with van der Waals surface area (Å²) in [6, 6.07) is 12.6. The fourth-order valence-corrected chi connectivity index (χ4v) is 3.75. The van der Waals surface area contributed by atoms with Gasteiger partial charge in [-0.25, -0.2) is 23.3 Å². The number of hydrogen-bond donors (Lipinski definition) is 3. The van der Waals surface area contributed by atoms with Gasteiger partial charge in [0.15, 0.2) is 5.00 Å². The summed E-state index contributed by atoms with van der Waals surface area (Å²) in [6.45, 7) is 1.75. The second-order valence-electron chi connectivity index (χ2n) is 5.59. The molecule has 0 saturated heterocycles. The molecular formula is C17H15ClN4O4S2. The number of rotatable bonds is 5. The van der Waals surface area contributed by atoms with Gasteiger partial charge in [0.1, 0.15) is 0 Å². The number of benzene rings is 2. The molecule has 3 aromatic rings. The van der Waals surface area contributed by atoms with E-state index in [1.54, 1.807) is 43.3 Å². The van der Waals surface area contributed by atoms with Crippen molar-refractivity contribution >= 4 is 55.4 Å². The maximum Gasteiger partial charge on any atom is 0.418 e. The number of amides is 1. The first-order valence-corrected chi connectivity index (χ1v) is 10.6. The highest BCUT2D eigenvalue weighted by Crippen LogP contribution is 2.34.